The molecule has 0 bridgehead atoms. The third-order valence-electron chi connectivity index (χ3n) is 0.167. The number of carbonyl (C=O) groups is 2. The van der Waals surface area contributed by atoms with E-state index in [-0.39, 0.29) is 37.7 Å². The number of halogens is 3. The molecule has 0 amide bonds. The molecule has 0 radical (unpaired) electrons. The van der Waals surface area contributed by atoms with Gasteiger partial charge in [0.15, 0.2) is 0 Å². The molecule has 0 saturated heterocycles. The predicted octanol–water partition coefficient (Wildman–Crippen LogP) is -8.63. The maximum Gasteiger partial charge on any atom is 1.00 e. The Balaban J connectivity index is -0.0000000483. The van der Waals surface area contributed by atoms with E-state index in [1.807, 2.05) is 0 Å². The van der Waals surface area contributed by atoms with Gasteiger partial charge in [0.2, 0.25) is 0 Å². The van der Waals surface area contributed by atoms with Crippen LogP contribution in [0.3, 0.4) is 0 Å². The summed E-state index contributed by atoms with van der Waals surface area (Å²) in [6, 6.07) is 0. The molecule has 0 atom stereocenters. The molecule has 0 aliphatic heterocycles. The van der Waals surface area contributed by atoms with Gasteiger partial charge in [0.05, 0.1) is 11.9 Å². The Hall–Kier alpha value is -0.0103. The average molecular weight is 170 g/mol. The van der Waals surface area contributed by atoms with Crippen LogP contribution in [0.15, 0.2) is 0 Å². The van der Waals surface area contributed by atoms with Gasteiger partial charge in [-0.15, -0.1) is 0 Å². The van der Waals surface area contributed by atoms with Gasteiger partial charge in [0.25, 0.3) is 0 Å². The van der Waals surface area contributed by atoms with E-state index in [1.165, 1.54) is 0 Å². The molecule has 0 unspecified atom stereocenters. The van der Waals surface area contributed by atoms with Crippen molar-refractivity contribution >= 4 is 19.5 Å². The Labute approximate surface area is 90.1 Å². The minimum atomic E-state index is -3.67. The van der Waals surface area contributed by atoms with Crippen LogP contribution in [0, 0.1) is 0 Å². The fraction of sp³-hybridized carbons (Fsp3) is 0. The van der Waals surface area contributed by atoms with Crippen molar-refractivity contribution in [3.8, 4) is 0 Å². The van der Waals surface area contributed by atoms with E-state index in [0.717, 1.165) is 0 Å². The second kappa shape index (κ2) is 13.6. The molecule has 58 valence electrons. The number of aliphatic carboxylic acids is 2. The monoisotopic (exact) mass is 170 g/mol. The van der Waals surface area contributed by atoms with Crippen LogP contribution in [-0.2, 0) is 9.59 Å². The first kappa shape index (κ1) is 22.7. The molecule has 0 aromatic carbocycles. The molecule has 0 aliphatic carbocycles. The average Bonchev–Trinajstić information content (AvgIpc) is 1.63. The Kier molecular flexibility index (Phi) is 25.7. The predicted molar refractivity (Wildman–Crippen MR) is 19.1 cm³/mol. The summed E-state index contributed by atoms with van der Waals surface area (Å²) in [5, 5.41) is 17.9. The normalized spacial score (nSPS) is 5.92. The van der Waals surface area contributed by atoms with Crippen LogP contribution in [0.2, 0.25) is 0 Å². The molecule has 0 rings (SSSR count). The van der Waals surface area contributed by atoms with Gasteiger partial charge < -0.3 is 19.8 Å². The molecule has 0 N–H and O–H groups in total. The van der Waals surface area contributed by atoms with Gasteiger partial charge in [-0.05, 0) is 0 Å². The summed E-state index contributed by atoms with van der Waals surface area (Å²) in [7, 11) is -3.67. The molecule has 0 heterocycles. The molecule has 12 heavy (non-hydrogen) atoms. The molecular formula is C2BF3Li2O4. The number of hydrogen-bond donors (Lipinski definition) is 0. The standard InChI is InChI=1S/C2H2O4.BF3.2Li/c3-1(4)2(5)6;2-1(3)4;;/h(H,3,4)(H,5,6);;;/q;;2*+1/p-2. The third-order valence-corrected chi connectivity index (χ3v) is 0.167. The summed E-state index contributed by atoms with van der Waals surface area (Å²) in [6.45, 7) is 0. The van der Waals surface area contributed by atoms with Gasteiger partial charge >= 0.3 is 45.3 Å². The zero-order chi connectivity index (χ0) is 8.73. The zero-order valence-corrected chi connectivity index (χ0v) is 6.34. The maximum atomic E-state index is 9.67. The van der Waals surface area contributed by atoms with E-state index in [9.17, 15) is 12.9 Å². The Morgan fingerprint density at radius 3 is 1.00 bits per heavy atom. The Morgan fingerprint density at radius 1 is 0.917 bits per heavy atom. The first-order chi connectivity index (χ1) is 4.37. The zero-order valence-electron chi connectivity index (χ0n) is 6.34. The molecule has 10 heteroatoms. The summed E-state index contributed by atoms with van der Waals surface area (Å²) in [6.07, 6.45) is 0. The van der Waals surface area contributed by atoms with Gasteiger partial charge in [-0.2, -0.15) is 0 Å². The van der Waals surface area contributed by atoms with Crippen molar-refractivity contribution in [3.63, 3.8) is 0 Å². The molecule has 4 nitrogen and oxygen atoms in total. The van der Waals surface area contributed by atoms with Crippen molar-refractivity contribution < 1.29 is 70.5 Å². The van der Waals surface area contributed by atoms with E-state index >= 15 is 0 Å². The maximum absolute atomic E-state index is 9.67. The van der Waals surface area contributed by atoms with Crippen LogP contribution in [0.1, 0.15) is 0 Å². The quantitative estimate of drug-likeness (QED) is 0.267. The van der Waals surface area contributed by atoms with Crippen LogP contribution in [0.5, 0.6) is 0 Å². The van der Waals surface area contributed by atoms with Gasteiger partial charge in [-0.25, -0.2) is 0 Å². The Morgan fingerprint density at radius 2 is 1.00 bits per heavy atom. The number of hydrogen-bond acceptors (Lipinski definition) is 4. The van der Waals surface area contributed by atoms with Crippen molar-refractivity contribution in [2.75, 3.05) is 0 Å². The van der Waals surface area contributed by atoms with Crippen LogP contribution in [0.4, 0.5) is 12.9 Å². The van der Waals surface area contributed by atoms with Crippen molar-refractivity contribution in [1.82, 2.24) is 0 Å². The fourth-order valence-electron chi connectivity index (χ4n) is 0. The van der Waals surface area contributed by atoms with Crippen LogP contribution < -0.4 is 47.9 Å². The molecular weight excluding hydrogens is 170 g/mol. The van der Waals surface area contributed by atoms with Crippen LogP contribution in [0.25, 0.3) is 0 Å². The van der Waals surface area contributed by atoms with Gasteiger partial charge in [0, 0.05) is 0 Å². The van der Waals surface area contributed by atoms with E-state index in [4.69, 9.17) is 19.8 Å². The third kappa shape index (κ3) is 50.7. The summed E-state index contributed by atoms with van der Waals surface area (Å²) in [5.74, 6) is -4.37. The molecule has 0 saturated carbocycles. The summed E-state index contributed by atoms with van der Waals surface area (Å²) >= 11 is 0. The van der Waals surface area contributed by atoms with Crippen molar-refractivity contribution in [2.24, 2.45) is 0 Å². The number of carboxylic acid groups (broad SMARTS) is 2. The van der Waals surface area contributed by atoms with Gasteiger partial charge in [-0.3, -0.25) is 12.9 Å². The minimum absolute atomic E-state index is 0. The van der Waals surface area contributed by atoms with E-state index in [2.05, 4.69) is 0 Å². The SMILES string of the molecule is FB(F)F.O=C([O-])C(=O)[O-].[Li+].[Li+]. The fourth-order valence-corrected chi connectivity index (χ4v) is 0. The molecule has 0 aromatic rings. The minimum Gasteiger partial charge on any atom is -0.543 e. The second-order valence-electron chi connectivity index (χ2n) is 0.822. The number of carbonyl (C=O) groups excluding carboxylic acids is 2. The van der Waals surface area contributed by atoms with Gasteiger partial charge in [-0.1, -0.05) is 0 Å². The molecule has 0 spiro atoms. The van der Waals surface area contributed by atoms with E-state index < -0.39 is 19.5 Å². The first-order valence-electron chi connectivity index (χ1n) is 1.72. The number of carboxylic acids is 2. The smallest absolute Gasteiger partial charge is 0.543 e. The number of rotatable bonds is 0. The van der Waals surface area contributed by atoms with E-state index in [1.54, 1.807) is 0 Å². The van der Waals surface area contributed by atoms with Crippen LogP contribution in [-0.4, -0.2) is 19.5 Å². The molecule has 0 aliphatic rings. The first-order valence-corrected chi connectivity index (χ1v) is 1.72. The summed E-state index contributed by atoms with van der Waals surface area (Å²) < 4.78 is 29.0. The Bertz CT molecular complexity index is 119. The molecule has 0 fully saturated rings. The van der Waals surface area contributed by atoms with Crippen molar-refractivity contribution in [1.29, 1.82) is 0 Å². The van der Waals surface area contributed by atoms with Crippen LogP contribution >= 0.6 is 0 Å². The topological polar surface area (TPSA) is 80.3 Å². The summed E-state index contributed by atoms with van der Waals surface area (Å²) in [5.41, 5.74) is 0. The van der Waals surface area contributed by atoms with Crippen molar-refractivity contribution in [3.05, 3.63) is 0 Å². The second-order valence-corrected chi connectivity index (χ2v) is 0.822. The van der Waals surface area contributed by atoms with E-state index in [0.29, 0.717) is 0 Å². The van der Waals surface area contributed by atoms with Gasteiger partial charge in [0.1, 0.15) is 0 Å². The largest absolute Gasteiger partial charge is 1.00 e. The van der Waals surface area contributed by atoms with Crippen molar-refractivity contribution in [2.45, 2.75) is 0 Å². The summed E-state index contributed by atoms with van der Waals surface area (Å²) in [4.78, 5) is 17.9. The molecule has 0 aromatic heterocycles.